The lowest BCUT2D eigenvalue weighted by Crippen LogP contribution is -2.35. The van der Waals surface area contributed by atoms with Crippen LogP contribution in [-0.2, 0) is 6.42 Å². The van der Waals surface area contributed by atoms with Gasteiger partial charge in [-0.2, -0.15) is 4.98 Å². The summed E-state index contributed by atoms with van der Waals surface area (Å²) in [6.07, 6.45) is 6.47. The fraction of sp³-hybridized carbons (Fsp3) is 0.333. The minimum Gasteiger partial charge on any atom is -0.451 e. The van der Waals surface area contributed by atoms with Gasteiger partial charge in [0.1, 0.15) is 11.4 Å². The standard InChI is InChI=1S/C21H21N5O2/c1-14-3-2-4-20(23-14)26-9-6-15(7-10-26)11-19-24-21(28-25-19)18-12-16-13-22-8-5-17(16)27-18/h2-5,8,12-13,15H,6-7,9-11H2,1H3. The molecule has 28 heavy (non-hydrogen) atoms. The van der Waals surface area contributed by atoms with Crippen LogP contribution in [0.25, 0.3) is 22.6 Å². The number of hydrogen-bond acceptors (Lipinski definition) is 7. The van der Waals surface area contributed by atoms with E-state index in [9.17, 15) is 0 Å². The zero-order valence-corrected chi connectivity index (χ0v) is 15.7. The number of aryl methyl sites for hydroxylation is 1. The number of fused-ring (bicyclic) bond motifs is 1. The number of aromatic nitrogens is 4. The molecule has 0 atom stereocenters. The van der Waals surface area contributed by atoms with Gasteiger partial charge in [-0.3, -0.25) is 4.98 Å². The van der Waals surface area contributed by atoms with Crippen molar-refractivity contribution < 1.29 is 8.94 Å². The van der Waals surface area contributed by atoms with Gasteiger partial charge in [-0.05, 0) is 49.9 Å². The molecule has 7 heteroatoms. The number of piperidine rings is 1. The van der Waals surface area contributed by atoms with E-state index in [4.69, 9.17) is 8.94 Å². The molecular weight excluding hydrogens is 354 g/mol. The van der Waals surface area contributed by atoms with Crippen molar-refractivity contribution in [3.63, 3.8) is 0 Å². The van der Waals surface area contributed by atoms with E-state index in [1.54, 1.807) is 12.4 Å². The van der Waals surface area contributed by atoms with Crippen molar-refractivity contribution in [2.24, 2.45) is 5.92 Å². The molecule has 4 aromatic rings. The molecular formula is C21H21N5O2. The Kier molecular flexibility index (Phi) is 4.27. The van der Waals surface area contributed by atoms with Crippen LogP contribution in [0.5, 0.6) is 0 Å². The summed E-state index contributed by atoms with van der Waals surface area (Å²) in [5.74, 6) is 3.36. The van der Waals surface area contributed by atoms with Crippen LogP contribution >= 0.6 is 0 Å². The maximum absolute atomic E-state index is 5.78. The average Bonchev–Trinajstić information content (AvgIpc) is 3.35. The van der Waals surface area contributed by atoms with Crippen molar-refractivity contribution >= 4 is 16.8 Å². The van der Waals surface area contributed by atoms with Crippen LogP contribution < -0.4 is 4.90 Å². The first-order chi connectivity index (χ1) is 13.7. The van der Waals surface area contributed by atoms with Crippen LogP contribution in [0.4, 0.5) is 5.82 Å². The Hall–Kier alpha value is -3.22. The molecule has 0 radical (unpaired) electrons. The van der Waals surface area contributed by atoms with Gasteiger partial charge in [-0.25, -0.2) is 4.98 Å². The number of rotatable bonds is 4. The first-order valence-electron chi connectivity index (χ1n) is 9.60. The monoisotopic (exact) mass is 375 g/mol. The second-order valence-corrected chi connectivity index (χ2v) is 7.31. The van der Waals surface area contributed by atoms with Gasteiger partial charge in [0.15, 0.2) is 11.6 Å². The van der Waals surface area contributed by atoms with Crippen molar-refractivity contribution in [2.75, 3.05) is 18.0 Å². The molecule has 1 aliphatic heterocycles. The normalized spacial score (nSPS) is 15.4. The maximum atomic E-state index is 5.78. The van der Waals surface area contributed by atoms with Crippen LogP contribution in [0.15, 0.2) is 51.7 Å². The summed E-state index contributed by atoms with van der Waals surface area (Å²) in [6.45, 7) is 4.04. The molecule has 1 aliphatic rings. The third-order valence-corrected chi connectivity index (χ3v) is 5.28. The summed E-state index contributed by atoms with van der Waals surface area (Å²) < 4.78 is 11.2. The largest absolute Gasteiger partial charge is 0.451 e. The number of nitrogens with zero attached hydrogens (tertiary/aromatic N) is 5. The van der Waals surface area contributed by atoms with E-state index in [0.717, 1.165) is 60.7 Å². The highest BCUT2D eigenvalue weighted by Crippen LogP contribution is 2.28. The van der Waals surface area contributed by atoms with Gasteiger partial charge in [0.2, 0.25) is 0 Å². The van der Waals surface area contributed by atoms with Gasteiger partial charge >= 0.3 is 0 Å². The Morgan fingerprint density at radius 1 is 1.14 bits per heavy atom. The molecule has 7 nitrogen and oxygen atoms in total. The first-order valence-corrected chi connectivity index (χ1v) is 9.60. The zero-order chi connectivity index (χ0) is 18.9. The van der Waals surface area contributed by atoms with Crippen LogP contribution in [0.2, 0.25) is 0 Å². The summed E-state index contributed by atoms with van der Waals surface area (Å²) in [7, 11) is 0. The van der Waals surface area contributed by atoms with Gasteiger partial charge in [0, 0.05) is 43.0 Å². The van der Waals surface area contributed by atoms with E-state index < -0.39 is 0 Å². The highest BCUT2D eigenvalue weighted by molar-refractivity contribution is 5.80. The van der Waals surface area contributed by atoms with Crippen LogP contribution in [0, 0.1) is 12.8 Å². The smallest absolute Gasteiger partial charge is 0.293 e. The summed E-state index contributed by atoms with van der Waals surface area (Å²) in [4.78, 5) is 15.6. The second kappa shape index (κ2) is 7.07. The molecule has 0 N–H and O–H groups in total. The molecule has 5 heterocycles. The molecule has 5 rings (SSSR count). The molecule has 0 unspecified atom stereocenters. The molecule has 0 spiro atoms. The van der Waals surface area contributed by atoms with Crippen LogP contribution in [-0.4, -0.2) is 33.2 Å². The first kappa shape index (κ1) is 16.9. The molecule has 0 aliphatic carbocycles. The van der Waals surface area contributed by atoms with E-state index in [0.29, 0.717) is 17.6 Å². The maximum Gasteiger partial charge on any atom is 0.293 e. The average molecular weight is 375 g/mol. The fourth-order valence-electron chi connectivity index (χ4n) is 3.76. The summed E-state index contributed by atoms with van der Waals surface area (Å²) in [5.41, 5.74) is 1.82. The third-order valence-electron chi connectivity index (χ3n) is 5.28. The highest BCUT2D eigenvalue weighted by Gasteiger charge is 2.23. The minimum atomic E-state index is 0.424. The lowest BCUT2D eigenvalue weighted by Gasteiger charge is -2.32. The fourth-order valence-corrected chi connectivity index (χ4v) is 3.76. The molecule has 0 saturated carbocycles. The summed E-state index contributed by atoms with van der Waals surface area (Å²) in [6, 6.07) is 9.89. The predicted molar refractivity (Wildman–Crippen MR) is 105 cm³/mol. The molecule has 4 aromatic heterocycles. The number of anilines is 1. The molecule has 0 aromatic carbocycles. The summed E-state index contributed by atoms with van der Waals surface area (Å²) in [5, 5.41) is 5.08. The predicted octanol–water partition coefficient (Wildman–Crippen LogP) is 4.04. The van der Waals surface area contributed by atoms with Gasteiger partial charge in [-0.15, -0.1) is 0 Å². The molecule has 1 fully saturated rings. The van der Waals surface area contributed by atoms with E-state index >= 15 is 0 Å². The Bertz CT molecular complexity index is 1060. The quantitative estimate of drug-likeness (QED) is 0.532. The van der Waals surface area contributed by atoms with Crippen molar-refractivity contribution in [3.05, 3.63) is 54.2 Å². The van der Waals surface area contributed by atoms with E-state index in [1.807, 2.05) is 25.1 Å². The second-order valence-electron chi connectivity index (χ2n) is 7.31. The minimum absolute atomic E-state index is 0.424. The van der Waals surface area contributed by atoms with Crippen molar-refractivity contribution in [1.82, 2.24) is 20.1 Å². The van der Waals surface area contributed by atoms with Crippen LogP contribution in [0.1, 0.15) is 24.4 Å². The lowest BCUT2D eigenvalue weighted by atomic mass is 9.93. The van der Waals surface area contributed by atoms with Gasteiger partial charge in [-0.1, -0.05) is 11.2 Å². The Balaban J connectivity index is 1.23. The topological polar surface area (TPSA) is 81.1 Å². The molecule has 0 amide bonds. The van der Waals surface area contributed by atoms with Gasteiger partial charge in [0.25, 0.3) is 5.89 Å². The van der Waals surface area contributed by atoms with Gasteiger partial charge < -0.3 is 13.8 Å². The molecule has 0 bridgehead atoms. The highest BCUT2D eigenvalue weighted by atomic mass is 16.5. The zero-order valence-electron chi connectivity index (χ0n) is 15.7. The van der Waals surface area contributed by atoms with Crippen molar-refractivity contribution in [2.45, 2.75) is 26.2 Å². The summed E-state index contributed by atoms with van der Waals surface area (Å²) >= 11 is 0. The third kappa shape index (κ3) is 3.35. The van der Waals surface area contributed by atoms with Gasteiger partial charge in [0.05, 0.1) is 0 Å². The Labute approximate surface area is 162 Å². The van der Waals surface area contributed by atoms with E-state index in [-0.39, 0.29) is 0 Å². The number of pyridine rings is 2. The Morgan fingerprint density at radius 2 is 2.04 bits per heavy atom. The SMILES string of the molecule is Cc1cccc(N2CCC(Cc3noc(-c4cc5cnccc5o4)n3)CC2)n1. The van der Waals surface area contributed by atoms with Crippen molar-refractivity contribution in [1.29, 1.82) is 0 Å². The molecule has 142 valence electrons. The number of furan rings is 1. The van der Waals surface area contributed by atoms with E-state index in [1.165, 1.54) is 0 Å². The van der Waals surface area contributed by atoms with Crippen molar-refractivity contribution in [3.8, 4) is 11.7 Å². The van der Waals surface area contributed by atoms with Crippen LogP contribution in [0.3, 0.4) is 0 Å². The molecule has 1 saturated heterocycles. The van der Waals surface area contributed by atoms with E-state index in [2.05, 4.69) is 37.1 Å². The number of hydrogen-bond donors (Lipinski definition) is 0. The lowest BCUT2D eigenvalue weighted by molar-refractivity contribution is 0.375. The Morgan fingerprint density at radius 3 is 2.86 bits per heavy atom.